The van der Waals surface area contributed by atoms with E-state index < -0.39 is 15.9 Å². The van der Waals surface area contributed by atoms with E-state index in [1.165, 1.54) is 24.1 Å². The van der Waals surface area contributed by atoms with Crippen molar-refractivity contribution in [3.63, 3.8) is 0 Å². The summed E-state index contributed by atoms with van der Waals surface area (Å²) < 4.78 is 30.1. The third kappa shape index (κ3) is 6.21. The maximum absolute atomic E-state index is 12.4. The van der Waals surface area contributed by atoms with Gasteiger partial charge in [0, 0.05) is 24.0 Å². The van der Waals surface area contributed by atoms with Crippen molar-refractivity contribution in [3.8, 4) is 5.75 Å². The SMILES string of the molecule is CCS(=O)(=O)c1ccc(OC)c(Nc2nccc(N(C)c3ccc(N(C(N)=O)c4cccc(Cl)c4)cc3)n2)c1. The van der Waals surface area contributed by atoms with Crippen LogP contribution in [0.5, 0.6) is 5.75 Å². The monoisotopic (exact) mass is 566 g/mol. The smallest absolute Gasteiger partial charge is 0.323 e. The minimum Gasteiger partial charge on any atom is -0.495 e. The number of hydrogen-bond donors (Lipinski definition) is 2. The second-order valence-corrected chi connectivity index (χ2v) is 11.1. The number of benzene rings is 3. The molecule has 3 aromatic carbocycles. The highest BCUT2D eigenvalue weighted by Crippen LogP contribution is 2.32. The number of urea groups is 1. The molecule has 1 heterocycles. The summed E-state index contributed by atoms with van der Waals surface area (Å²) in [6.45, 7) is 1.59. The van der Waals surface area contributed by atoms with Crippen LogP contribution in [-0.2, 0) is 9.84 Å². The Kier molecular flexibility index (Phi) is 8.22. The molecule has 0 radical (unpaired) electrons. The van der Waals surface area contributed by atoms with Crippen LogP contribution in [-0.4, -0.2) is 44.3 Å². The fourth-order valence-electron chi connectivity index (χ4n) is 3.84. The summed E-state index contributed by atoms with van der Waals surface area (Å²) in [6.07, 6.45) is 1.59. The average Bonchev–Trinajstić information content (AvgIpc) is 2.93. The molecule has 4 aromatic rings. The van der Waals surface area contributed by atoms with Gasteiger partial charge >= 0.3 is 6.03 Å². The molecule has 0 aliphatic heterocycles. The van der Waals surface area contributed by atoms with Gasteiger partial charge in [-0.05, 0) is 66.7 Å². The number of anilines is 6. The summed E-state index contributed by atoms with van der Waals surface area (Å²) in [7, 11) is -0.0869. The van der Waals surface area contributed by atoms with Gasteiger partial charge in [-0.3, -0.25) is 4.90 Å². The molecule has 12 heteroatoms. The lowest BCUT2D eigenvalue weighted by molar-refractivity contribution is 0.256. The van der Waals surface area contributed by atoms with Crippen LogP contribution in [0.15, 0.2) is 83.9 Å². The van der Waals surface area contributed by atoms with E-state index in [1.54, 1.807) is 61.7 Å². The van der Waals surface area contributed by atoms with E-state index in [1.807, 2.05) is 24.1 Å². The molecule has 3 N–H and O–H groups in total. The highest BCUT2D eigenvalue weighted by Gasteiger charge is 2.18. The minimum absolute atomic E-state index is 0.0232. The summed E-state index contributed by atoms with van der Waals surface area (Å²) in [5.74, 6) is 1.24. The highest BCUT2D eigenvalue weighted by atomic mass is 35.5. The van der Waals surface area contributed by atoms with Crippen LogP contribution in [0.25, 0.3) is 0 Å². The number of nitrogens with two attached hydrogens (primary N) is 1. The third-order valence-corrected chi connectivity index (χ3v) is 7.89. The first-order chi connectivity index (χ1) is 18.6. The minimum atomic E-state index is -3.41. The van der Waals surface area contributed by atoms with Crippen LogP contribution in [0, 0.1) is 0 Å². The molecule has 2 amide bonds. The third-order valence-electron chi connectivity index (χ3n) is 5.92. The fourth-order valence-corrected chi connectivity index (χ4v) is 4.93. The summed E-state index contributed by atoms with van der Waals surface area (Å²) in [4.78, 5) is 24.4. The zero-order valence-electron chi connectivity index (χ0n) is 21.5. The van der Waals surface area contributed by atoms with Crippen molar-refractivity contribution in [1.29, 1.82) is 0 Å². The molecular formula is C27H27ClN6O4S. The Bertz CT molecular complexity index is 1600. The summed E-state index contributed by atoms with van der Waals surface area (Å²) in [5, 5.41) is 3.54. The van der Waals surface area contributed by atoms with Crippen LogP contribution >= 0.6 is 11.6 Å². The lowest BCUT2D eigenvalue weighted by Gasteiger charge is -2.23. The quantitative estimate of drug-likeness (QED) is 0.265. The molecule has 39 heavy (non-hydrogen) atoms. The Labute approximate surface area is 231 Å². The molecular weight excluding hydrogens is 540 g/mol. The first-order valence-electron chi connectivity index (χ1n) is 11.8. The van der Waals surface area contributed by atoms with Crippen molar-refractivity contribution in [3.05, 3.63) is 84.0 Å². The van der Waals surface area contributed by atoms with Crippen molar-refractivity contribution in [2.45, 2.75) is 11.8 Å². The molecule has 0 fully saturated rings. The van der Waals surface area contributed by atoms with E-state index >= 15 is 0 Å². The van der Waals surface area contributed by atoms with Gasteiger partial charge in [0.25, 0.3) is 0 Å². The molecule has 0 saturated heterocycles. The number of amides is 2. The van der Waals surface area contributed by atoms with Gasteiger partial charge in [0.15, 0.2) is 9.84 Å². The van der Waals surface area contributed by atoms with Crippen LogP contribution in [0.2, 0.25) is 5.02 Å². The van der Waals surface area contributed by atoms with Gasteiger partial charge in [0.2, 0.25) is 5.95 Å². The van der Waals surface area contributed by atoms with Crippen molar-refractivity contribution in [1.82, 2.24) is 9.97 Å². The molecule has 0 spiro atoms. The zero-order chi connectivity index (χ0) is 28.2. The molecule has 0 saturated carbocycles. The Hall–Kier alpha value is -4.35. The van der Waals surface area contributed by atoms with E-state index in [9.17, 15) is 13.2 Å². The van der Waals surface area contributed by atoms with Crippen molar-refractivity contribution >= 4 is 62.0 Å². The number of sulfone groups is 1. The number of nitrogens with one attached hydrogen (secondary N) is 1. The molecule has 0 unspecified atom stereocenters. The maximum Gasteiger partial charge on any atom is 0.323 e. The molecule has 0 atom stereocenters. The number of primary amides is 1. The van der Waals surface area contributed by atoms with Crippen LogP contribution in [0.3, 0.4) is 0 Å². The van der Waals surface area contributed by atoms with Gasteiger partial charge in [-0.15, -0.1) is 0 Å². The molecule has 0 aliphatic rings. The van der Waals surface area contributed by atoms with E-state index in [0.717, 1.165) is 5.69 Å². The number of aromatic nitrogens is 2. The Morgan fingerprint density at radius 3 is 2.38 bits per heavy atom. The van der Waals surface area contributed by atoms with E-state index in [0.29, 0.717) is 33.7 Å². The molecule has 0 aliphatic carbocycles. The van der Waals surface area contributed by atoms with Gasteiger partial charge in [-0.25, -0.2) is 18.2 Å². The number of methoxy groups -OCH3 is 1. The molecule has 1 aromatic heterocycles. The molecule has 4 rings (SSSR count). The number of carbonyl (C=O) groups is 1. The summed E-state index contributed by atoms with van der Waals surface area (Å²) in [6, 6.07) is 19.7. The van der Waals surface area contributed by atoms with E-state index in [4.69, 9.17) is 22.1 Å². The zero-order valence-corrected chi connectivity index (χ0v) is 23.1. The fraction of sp³-hybridized carbons (Fsp3) is 0.148. The number of carbonyl (C=O) groups excluding carboxylic acids is 1. The first kappa shape index (κ1) is 27.7. The predicted molar refractivity (Wildman–Crippen MR) is 154 cm³/mol. The average molecular weight is 567 g/mol. The van der Waals surface area contributed by atoms with Gasteiger partial charge < -0.3 is 20.7 Å². The predicted octanol–water partition coefficient (Wildman–Crippen LogP) is 5.66. The van der Waals surface area contributed by atoms with Gasteiger partial charge in [-0.1, -0.05) is 24.6 Å². The number of nitrogens with zero attached hydrogens (tertiary/aromatic N) is 4. The van der Waals surface area contributed by atoms with E-state index in [-0.39, 0.29) is 16.6 Å². The second-order valence-electron chi connectivity index (χ2n) is 8.36. The lowest BCUT2D eigenvalue weighted by Crippen LogP contribution is -2.31. The topological polar surface area (TPSA) is 131 Å². The standard InChI is InChI=1S/C27H27ClN6O4S/c1-4-39(36,37)22-12-13-24(38-3)23(17-22)31-27-30-15-14-25(32-27)33(2)19-8-10-20(11-9-19)34(26(29)35)21-7-5-6-18(28)16-21/h5-17H,4H2,1-3H3,(H2,29,35)(H,30,31,32). The Morgan fingerprint density at radius 2 is 1.74 bits per heavy atom. The summed E-state index contributed by atoms with van der Waals surface area (Å²) >= 11 is 6.09. The van der Waals surface area contributed by atoms with Crippen LogP contribution in [0.1, 0.15) is 6.92 Å². The van der Waals surface area contributed by atoms with Crippen molar-refractivity contribution in [2.24, 2.45) is 5.73 Å². The highest BCUT2D eigenvalue weighted by molar-refractivity contribution is 7.91. The molecule has 202 valence electrons. The Balaban J connectivity index is 1.59. The van der Waals surface area contributed by atoms with Gasteiger partial charge in [0.1, 0.15) is 11.6 Å². The number of rotatable bonds is 9. The number of hydrogen-bond acceptors (Lipinski definition) is 8. The maximum atomic E-state index is 12.4. The first-order valence-corrected chi connectivity index (χ1v) is 13.9. The second kappa shape index (κ2) is 11.6. The number of ether oxygens (including phenoxy) is 1. The van der Waals surface area contributed by atoms with E-state index in [2.05, 4.69) is 15.3 Å². The van der Waals surface area contributed by atoms with Gasteiger partial charge in [-0.2, -0.15) is 4.98 Å². The van der Waals surface area contributed by atoms with Crippen molar-refractivity contribution in [2.75, 3.05) is 35.0 Å². The normalized spacial score (nSPS) is 11.1. The van der Waals surface area contributed by atoms with Crippen molar-refractivity contribution < 1.29 is 17.9 Å². The molecule has 0 bridgehead atoms. The van der Waals surface area contributed by atoms with Crippen LogP contribution in [0.4, 0.5) is 39.3 Å². The van der Waals surface area contributed by atoms with Crippen LogP contribution < -0.4 is 25.6 Å². The number of halogens is 1. The molecule has 10 nitrogen and oxygen atoms in total. The van der Waals surface area contributed by atoms with Gasteiger partial charge in [0.05, 0.1) is 34.8 Å². The summed E-state index contributed by atoms with van der Waals surface area (Å²) in [5.41, 5.74) is 7.97. The lowest BCUT2D eigenvalue weighted by atomic mass is 10.2. The Morgan fingerprint density at radius 1 is 1.03 bits per heavy atom. The largest absolute Gasteiger partial charge is 0.495 e.